The van der Waals surface area contributed by atoms with Gasteiger partial charge < -0.3 is 19.2 Å². The van der Waals surface area contributed by atoms with Crippen LogP contribution in [0.1, 0.15) is 55.6 Å². The molecule has 1 fully saturated rings. The molecule has 2 amide bonds. The fraction of sp³-hybridized carbons (Fsp3) is 0.407. The van der Waals surface area contributed by atoms with Crippen molar-refractivity contribution in [2.24, 2.45) is 5.92 Å². The molecule has 1 saturated carbocycles. The maximum Gasteiger partial charge on any atom is 0.271 e. The highest BCUT2D eigenvalue weighted by Gasteiger charge is 2.48. The largest absolute Gasteiger partial charge is 0.463 e. The lowest BCUT2D eigenvalue weighted by Gasteiger charge is -2.45. The third kappa shape index (κ3) is 3.93. The normalized spacial score (nSPS) is 24.7. The molecule has 6 nitrogen and oxygen atoms in total. The van der Waals surface area contributed by atoms with Crippen molar-refractivity contribution >= 4 is 11.8 Å². The van der Waals surface area contributed by atoms with Crippen LogP contribution in [0, 0.1) is 11.7 Å². The van der Waals surface area contributed by atoms with Gasteiger partial charge in [0.25, 0.3) is 5.91 Å². The van der Waals surface area contributed by atoms with Gasteiger partial charge in [-0.2, -0.15) is 0 Å². The number of benzene rings is 1. The van der Waals surface area contributed by atoms with Crippen molar-refractivity contribution in [1.82, 2.24) is 14.8 Å². The summed E-state index contributed by atoms with van der Waals surface area (Å²) in [5, 5.41) is 3.27. The van der Waals surface area contributed by atoms with Crippen LogP contribution in [0.15, 0.2) is 59.2 Å². The first-order valence-corrected chi connectivity index (χ1v) is 12.0. The Morgan fingerprint density at radius 2 is 1.85 bits per heavy atom. The minimum atomic E-state index is -1.13. The lowest BCUT2D eigenvalue weighted by Crippen LogP contribution is -2.65. The van der Waals surface area contributed by atoms with E-state index in [0.29, 0.717) is 23.9 Å². The number of aromatic nitrogens is 1. The summed E-state index contributed by atoms with van der Waals surface area (Å²) in [6.45, 7) is 4.51. The van der Waals surface area contributed by atoms with E-state index in [1.807, 2.05) is 23.6 Å². The van der Waals surface area contributed by atoms with Crippen LogP contribution < -0.4 is 5.32 Å². The van der Waals surface area contributed by atoms with E-state index >= 15 is 0 Å². The van der Waals surface area contributed by atoms with E-state index in [9.17, 15) is 14.0 Å². The Morgan fingerprint density at radius 1 is 1.12 bits per heavy atom. The van der Waals surface area contributed by atoms with Gasteiger partial charge in [-0.15, -0.1) is 0 Å². The summed E-state index contributed by atoms with van der Waals surface area (Å²) in [6, 6.07) is 13.4. The van der Waals surface area contributed by atoms with Crippen molar-refractivity contribution in [3.8, 4) is 11.5 Å². The highest BCUT2D eigenvalue weighted by atomic mass is 19.1. The highest BCUT2D eigenvalue weighted by molar-refractivity contribution is 6.00. The van der Waals surface area contributed by atoms with Crippen LogP contribution in [0.2, 0.25) is 0 Å². The van der Waals surface area contributed by atoms with Gasteiger partial charge in [-0.3, -0.25) is 9.59 Å². The van der Waals surface area contributed by atoms with Gasteiger partial charge in [0.1, 0.15) is 22.8 Å². The predicted octanol–water partition coefficient (Wildman–Crippen LogP) is 5.00. The van der Waals surface area contributed by atoms with Crippen LogP contribution >= 0.6 is 0 Å². The summed E-state index contributed by atoms with van der Waals surface area (Å²) < 4.78 is 21.0. The summed E-state index contributed by atoms with van der Waals surface area (Å²) >= 11 is 0. The van der Waals surface area contributed by atoms with E-state index in [1.165, 1.54) is 18.6 Å². The molecule has 0 radical (unpaired) electrons. The van der Waals surface area contributed by atoms with Gasteiger partial charge in [-0.25, -0.2) is 4.39 Å². The number of hydrogen-bond acceptors (Lipinski definition) is 3. The van der Waals surface area contributed by atoms with Crippen LogP contribution in [-0.4, -0.2) is 32.9 Å². The number of carbonyl (C=O) groups excluding carboxylic acids is 2. The molecule has 1 aromatic carbocycles. The number of furan rings is 1. The van der Waals surface area contributed by atoms with E-state index in [-0.39, 0.29) is 30.2 Å². The van der Waals surface area contributed by atoms with Gasteiger partial charge in [0.15, 0.2) is 0 Å². The Morgan fingerprint density at radius 3 is 2.56 bits per heavy atom. The second kappa shape index (κ2) is 8.78. The number of nitrogens with one attached hydrogen (secondary N) is 1. The Balaban J connectivity index is 1.52. The summed E-state index contributed by atoms with van der Waals surface area (Å²) in [5.41, 5.74) is 0.909. The molecule has 0 spiro atoms. The zero-order chi connectivity index (χ0) is 23.9. The Kier molecular flexibility index (Phi) is 5.80. The number of fused-ring (bicyclic) bond motifs is 1. The van der Waals surface area contributed by atoms with E-state index in [4.69, 9.17) is 4.42 Å². The van der Waals surface area contributed by atoms with Gasteiger partial charge in [0, 0.05) is 12.6 Å². The predicted molar refractivity (Wildman–Crippen MR) is 126 cm³/mol. The molecule has 178 valence electrons. The lowest BCUT2D eigenvalue weighted by molar-refractivity contribution is -0.134. The molecule has 1 N–H and O–H groups in total. The standard InChI is InChI=1S/C27H30FN3O3/c1-18-6-3-4-7-21(18)29-26(33)27(2)17-30-22(24-8-5-15-34-24)13-14-23(30)25(32)31(27)16-19-9-11-20(28)12-10-19/h5,8-15,18,21H,3-4,6-7,16-17H2,1-2H3,(H,29,33)/t18-,21-,27+/m1/s1. The molecule has 0 saturated heterocycles. The fourth-order valence-electron chi connectivity index (χ4n) is 5.29. The first kappa shape index (κ1) is 22.4. The maximum atomic E-state index is 13.9. The van der Waals surface area contributed by atoms with E-state index < -0.39 is 5.54 Å². The molecule has 3 aromatic rings. The molecule has 3 heterocycles. The molecule has 7 heteroatoms. The first-order chi connectivity index (χ1) is 16.4. The van der Waals surface area contributed by atoms with Crippen LogP contribution in [0.25, 0.3) is 11.5 Å². The Bertz CT molecular complexity index is 1180. The molecule has 3 atom stereocenters. The van der Waals surface area contributed by atoms with Crippen LogP contribution in [0.4, 0.5) is 4.39 Å². The molecular formula is C27H30FN3O3. The summed E-state index contributed by atoms with van der Waals surface area (Å²) in [5.74, 6) is 0.313. The third-order valence-electron chi connectivity index (χ3n) is 7.45. The molecule has 1 aliphatic carbocycles. The van der Waals surface area contributed by atoms with Crippen LogP contribution in [0.3, 0.4) is 0 Å². The first-order valence-electron chi connectivity index (χ1n) is 12.0. The van der Waals surface area contributed by atoms with Crippen LogP contribution in [-0.2, 0) is 17.9 Å². The highest BCUT2D eigenvalue weighted by Crippen LogP contribution is 2.35. The average molecular weight is 464 g/mol. The molecule has 34 heavy (non-hydrogen) atoms. The topological polar surface area (TPSA) is 67.5 Å². The van der Waals surface area contributed by atoms with Gasteiger partial charge >= 0.3 is 0 Å². The molecule has 5 rings (SSSR count). The van der Waals surface area contributed by atoms with Crippen molar-refractivity contribution in [2.75, 3.05) is 0 Å². The third-order valence-corrected chi connectivity index (χ3v) is 7.45. The zero-order valence-electron chi connectivity index (χ0n) is 19.6. The van der Waals surface area contributed by atoms with Crippen LogP contribution in [0.5, 0.6) is 0 Å². The van der Waals surface area contributed by atoms with Crippen molar-refractivity contribution in [1.29, 1.82) is 0 Å². The average Bonchev–Trinajstić information content (AvgIpc) is 3.49. The van der Waals surface area contributed by atoms with E-state index in [0.717, 1.165) is 30.5 Å². The minimum absolute atomic E-state index is 0.0939. The number of rotatable bonds is 5. The van der Waals surface area contributed by atoms with Crippen molar-refractivity contribution < 1.29 is 18.4 Å². The fourth-order valence-corrected chi connectivity index (χ4v) is 5.29. The van der Waals surface area contributed by atoms with Gasteiger partial charge in [-0.05, 0) is 67.6 Å². The second-order valence-electron chi connectivity index (χ2n) is 9.80. The number of hydrogen-bond donors (Lipinski definition) is 1. The molecule has 0 bridgehead atoms. The Hall–Kier alpha value is -3.35. The van der Waals surface area contributed by atoms with Gasteiger partial charge in [0.2, 0.25) is 5.91 Å². The molecule has 1 aliphatic heterocycles. The molecule has 2 aromatic heterocycles. The number of halogens is 1. The number of carbonyl (C=O) groups is 2. The van der Waals surface area contributed by atoms with Crippen molar-refractivity contribution in [2.45, 2.75) is 64.2 Å². The summed E-state index contributed by atoms with van der Waals surface area (Å²) in [6.07, 6.45) is 5.90. The molecular weight excluding hydrogens is 433 g/mol. The molecule has 0 unspecified atom stereocenters. The smallest absolute Gasteiger partial charge is 0.271 e. The van der Waals surface area contributed by atoms with E-state index in [2.05, 4.69) is 12.2 Å². The van der Waals surface area contributed by atoms with E-state index in [1.54, 1.807) is 35.4 Å². The maximum absolute atomic E-state index is 13.9. The van der Waals surface area contributed by atoms with Gasteiger partial charge in [-0.1, -0.05) is 31.9 Å². The van der Waals surface area contributed by atoms with Crippen molar-refractivity contribution in [3.05, 3.63) is 71.9 Å². The molecule has 2 aliphatic rings. The second-order valence-corrected chi connectivity index (χ2v) is 9.80. The SMILES string of the molecule is C[C@@H]1CCCC[C@H]1NC(=O)[C@]1(C)Cn2c(ccc2-c2ccco2)C(=O)N1Cc1ccc(F)cc1. The number of nitrogens with zero attached hydrogens (tertiary/aromatic N) is 2. The number of amides is 2. The van der Waals surface area contributed by atoms with Crippen molar-refractivity contribution in [3.63, 3.8) is 0 Å². The lowest BCUT2D eigenvalue weighted by atomic mass is 9.85. The summed E-state index contributed by atoms with van der Waals surface area (Å²) in [4.78, 5) is 29.3. The quantitative estimate of drug-likeness (QED) is 0.579. The summed E-state index contributed by atoms with van der Waals surface area (Å²) in [7, 11) is 0. The zero-order valence-corrected chi connectivity index (χ0v) is 19.6. The minimum Gasteiger partial charge on any atom is -0.463 e. The van der Waals surface area contributed by atoms with Gasteiger partial charge in [0.05, 0.1) is 18.5 Å². The monoisotopic (exact) mass is 463 g/mol. The Labute approximate surface area is 198 Å².